The number of hydrogen-bond acceptors (Lipinski definition) is 6. The summed E-state index contributed by atoms with van der Waals surface area (Å²) in [6, 6.07) is 10.2. The monoisotopic (exact) mass is 344 g/mol. The lowest BCUT2D eigenvalue weighted by Crippen LogP contribution is -2.49. The average molecular weight is 344 g/mol. The molecule has 0 N–H and O–H groups in total. The summed E-state index contributed by atoms with van der Waals surface area (Å²) in [5, 5.41) is 8.05. The molecule has 1 fully saturated rings. The van der Waals surface area contributed by atoms with Gasteiger partial charge in [0.25, 0.3) is 0 Å². The highest BCUT2D eigenvalue weighted by Gasteiger charge is 2.23. The number of nitrogens with zero attached hydrogens (tertiary/aromatic N) is 4. The maximum Gasteiger partial charge on any atom is 0.318 e. The van der Waals surface area contributed by atoms with Crippen LogP contribution in [0, 0.1) is 0 Å². The summed E-state index contributed by atoms with van der Waals surface area (Å²) in [6.45, 7) is 5.34. The van der Waals surface area contributed by atoms with E-state index in [0.717, 1.165) is 31.7 Å². The van der Waals surface area contributed by atoms with Gasteiger partial charge in [0.15, 0.2) is 0 Å². The highest BCUT2D eigenvalue weighted by Crippen LogP contribution is 2.16. The molecular formula is C18H24N4O3. The van der Waals surface area contributed by atoms with Crippen molar-refractivity contribution >= 4 is 11.9 Å². The predicted octanol–water partition coefficient (Wildman–Crippen LogP) is 2.14. The summed E-state index contributed by atoms with van der Waals surface area (Å²) < 4.78 is 11.2. The van der Waals surface area contributed by atoms with E-state index in [4.69, 9.17) is 9.15 Å². The molecular weight excluding hydrogens is 320 g/mol. The standard InChI is InChI=1S/C18H24N4O3/c1-2-16-19-20-18(25-16)22-12-10-21(11-13-22)17(23)9-6-14-24-15-7-4-3-5-8-15/h3-5,7-8H,2,6,9-14H2,1H3. The van der Waals surface area contributed by atoms with Crippen LogP contribution >= 0.6 is 0 Å². The maximum atomic E-state index is 12.3. The third-order valence-corrected chi connectivity index (χ3v) is 4.21. The Kier molecular flexibility index (Phi) is 5.87. The molecule has 3 rings (SSSR count). The number of aryl methyl sites for hydroxylation is 1. The van der Waals surface area contributed by atoms with E-state index in [0.29, 0.717) is 38.0 Å². The first-order valence-electron chi connectivity index (χ1n) is 8.79. The smallest absolute Gasteiger partial charge is 0.318 e. The zero-order valence-corrected chi connectivity index (χ0v) is 14.6. The Morgan fingerprint density at radius 3 is 2.60 bits per heavy atom. The van der Waals surface area contributed by atoms with Crippen molar-refractivity contribution in [3.63, 3.8) is 0 Å². The van der Waals surface area contributed by atoms with Crippen molar-refractivity contribution in [2.75, 3.05) is 37.7 Å². The maximum absolute atomic E-state index is 12.3. The highest BCUT2D eigenvalue weighted by molar-refractivity contribution is 5.76. The minimum absolute atomic E-state index is 0.177. The number of aromatic nitrogens is 2. The van der Waals surface area contributed by atoms with E-state index in [-0.39, 0.29) is 5.91 Å². The van der Waals surface area contributed by atoms with E-state index >= 15 is 0 Å². The molecule has 1 amide bonds. The van der Waals surface area contributed by atoms with Crippen LogP contribution in [0.3, 0.4) is 0 Å². The van der Waals surface area contributed by atoms with Gasteiger partial charge in [-0.2, -0.15) is 0 Å². The molecule has 1 aliphatic heterocycles. The Morgan fingerprint density at radius 2 is 1.92 bits per heavy atom. The molecule has 0 aliphatic carbocycles. The average Bonchev–Trinajstić information content (AvgIpc) is 3.15. The van der Waals surface area contributed by atoms with E-state index in [9.17, 15) is 4.79 Å². The highest BCUT2D eigenvalue weighted by atomic mass is 16.5. The Bertz CT molecular complexity index is 666. The molecule has 0 spiro atoms. The molecule has 0 unspecified atom stereocenters. The van der Waals surface area contributed by atoms with Crippen molar-refractivity contribution in [1.29, 1.82) is 0 Å². The third kappa shape index (κ3) is 4.71. The van der Waals surface area contributed by atoms with Crippen LogP contribution in [-0.4, -0.2) is 53.8 Å². The Balaban J connectivity index is 1.36. The minimum atomic E-state index is 0.177. The SMILES string of the molecule is CCc1nnc(N2CCN(C(=O)CCCOc3ccccc3)CC2)o1. The van der Waals surface area contributed by atoms with E-state index in [1.807, 2.05) is 47.1 Å². The normalized spacial score (nSPS) is 14.6. The zero-order chi connectivity index (χ0) is 17.5. The number of amides is 1. The van der Waals surface area contributed by atoms with Gasteiger partial charge in [0.05, 0.1) is 6.61 Å². The first kappa shape index (κ1) is 17.3. The van der Waals surface area contributed by atoms with Gasteiger partial charge in [-0.05, 0) is 18.6 Å². The lowest BCUT2D eigenvalue weighted by Gasteiger charge is -2.33. The molecule has 1 aliphatic rings. The second kappa shape index (κ2) is 8.50. The van der Waals surface area contributed by atoms with E-state index in [1.54, 1.807) is 0 Å². The van der Waals surface area contributed by atoms with Gasteiger partial charge in [-0.25, -0.2) is 0 Å². The van der Waals surface area contributed by atoms with Crippen LogP contribution in [0.1, 0.15) is 25.7 Å². The number of hydrogen-bond donors (Lipinski definition) is 0. The van der Waals surface area contributed by atoms with Gasteiger partial charge < -0.3 is 19.0 Å². The predicted molar refractivity (Wildman–Crippen MR) is 93.6 cm³/mol. The number of benzene rings is 1. The van der Waals surface area contributed by atoms with Crippen LogP contribution < -0.4 is 9.64 Å². The molecule has 0 bridgehead atoms. The van der Waals surface area contributed by atoms with Gasteiger partial charge in [0.2, 0.25) is 11.8 Å². The fourth-order valence-electron chi connectivity index (χ4n) is 2.75. The summed E-state index contributed by atoms with van der Waals surface area (Å²) >= 11 is 0. The number of rotatable bonds is 7. The Labute approximate surface area is 147 Å². The molecule has 0 radical (unpaired) electrons. The van der Waals surface area contributed by atoms with Crippen molar-refractivity contribution in [2.45, 2.75) is 26.2 Å². The van der Waals surface area contributed by atoms with Crippen LogP contribution in [0.15, 0.2) is 34.7 Å². The molecule has 1 aromatic heterocycles. The van der Waals surface area contributed by atoms with Crippen LogP contribution in [0.5, 0.6) is 5.75 Å². The molecule has 0 saturated carbocycles. The van der Waals surface area contributed by atoms with Crippen molar-refractivity contribution in [1.82, 2.24) is 15.1 Å². The van der Waals surface area contributed by atoms with Gasteiger partial charge in [-0.3, -0.25) is 4.79 Å². The molecule has 0 atom stereocenters. The molecule has 134 valence electrons. The first-order valence-corrected chi connectivity index (χ1v) is 8.79. The molecule has 25 heavy (non-hydrogen) atoms. The quantitative estimate of drug-likeness (QED) is 0.717. The summed E-state index contributed by atoms with van der Waals surface area (Å²) in [5.74, 6) is 1.66. The first-order chi connectivity index (χ1) is 12.3. The van der Waals surface area contributed by atoms with Crippen LogP contribution in [0.4, 0.5) is 6.01 Å². The Morgan fingerprint density at radius 1 is 1.16 bits per heavy atom. The number of carbonyl (C=O) groups excluding carboxylic acids is 1. The van der Waals surface area contributed by atoms with Crippen molar-refractivity contribution < 1.29 is 13.9 Å². The largest absolute Gasteiger partial charge is 0.494 e. The van der Waals surface area contributed by atoms with Gasteiger partial charge in [0.1, 0.15) is 5.75 Å². The lowest BCUT2D eigenvalue weighted by atomic mass is 10.2. The van der Waals surface area contributed by atoms with Crippen LogP contribution in [0.25, 0.3) is 0 Å². The second-order valence-corrected chi connectivity index (χ2v) is 5.96. The van der Waals surface area contributed by atoms with Gasteiger partial charge in [-0.15, -0.1) is 5.10 Å². The summed E-state index contributed by atoms with van der Waals surface area (Å²) in [6.07, 6.45) is 1.96. The van der Waals surface area contributed by atoms with E-state index in [1.165, 1.54) is 0 Å². The van der Waals surface area contributed by atoms with Crippen LogP contribution in [0.2, 0.25) is 0 Å². The Hall–Kier alpha value is -2.57. The molecule has 2 aromatic rings. The lowest BCUT2D eigenvalue weighted by molar-refractivity contribution is -0.131. The van der Waals surface area contributed by atoms with Crippen molar-refractivity contribution in [3.05, 3.63) is 36.2 Å². The van der Waals surface area contributed by atoms with E-state index in [2.05, 4.69) is 10.2 Å². The van der Waals surface area contributed by atoms with Crippen LogP contribution in [-0.2, 0) is 11.2 Å². The van der Waals surface area contributed by atoms with E-state index < -0.39 is 0 Å². The summed E-state index contributed by atoms with van der Waals surface area (Å²) in [7, 11) is 0. The molecule has 1 saturated heterocycles. The fraction of sp³-hybridized carbons (Fsp3) is 0.500. The number of para-hydroxylation sites is 1. The number of ether oxygens (including phenoxy) is 1. The van der Waals surface area contributed by atoms with Crippen molar-refractivity contribution in [2.24, 2.45) is 0 Å². The van der Waals surface area contributed by atoms with Gasteiger partial charge in [-0.1, -0.05) is 30.2 Å². The molecule has 7 heteroatoms. The van der Waals surface area contributed by atoms with Gasteiger partial charge in [0, 0.05) is 39.0 Å². The zero-order valence-electron chi connectivity index (χ0n) is 14.6. The molecule has 1 aromatic carbocycles. The summed E-state index contributed by atoms with van der Waals surface area (Å²) in [5.41, 5.74) is 0. The number of anilines is 1. The third-order valence-electron chi connectivity index (χ3n) is 4.21. The molecule has 2 heterocycles. The minimum Gasteiger partial charge on any atom is -0.494 e. The summed E-state index contributed by atoms with van der Waals surface area (Å²) in [4.78, 5) is 16.2. The van der Waals surface area contributed by atoms with Gasteiger partial charge >= 0.3 is 6.01 Å². The fourth-order valence-corrected chi connectivity index (χ4v) is 2.75. The topological polar surface area (TPSA) is 71.7 Å². The molecule has 7 nitrogen and oxygen atoms in total. The number of piperazine rings is 1. The van der Waals surface area contributed by atoms with Crippen molar-refractivity contribution in [3.8, 4) is 5.75 Å². The second-order valence-electron chi connectivity index (χ2n) is 5.96. The number of carbonyl (C=O) groups is 1.